The number of benzene rings is 1. The number of halogens is 3. The number of alkyl halides is 3. The van der Waals surface area contributed by atoms with Crippen molar-refractivity contribution in [1.29, 1.82) is 0 Å². The summed E-state index contributed by atoms with van der Waals surface area (Å²) in [6, 6.07) is 8.21. The lowest BCUT2D eigenvalue weighted by atomic mass is 10.1. The van der Waals surface area contributed by atoms with Crippen LogP contribution in [0.5, 0.6) is 0 Å². The predicted molar refractivity (Wildman–Crippen MR) is 72.5 cm³/mol. The van der Waals surface area contributed by atoms with E-state index in [9.17, 15) is 13.2 Å². The zero-order valence-electron chi connectivity index (χ0n) is 10.6. The highest BCUT2D eigenvalue weighted by molar-refractivity contribution is 7.10. The van der Waals surface area contributed by atoms with Gasteiger partial charge in [-0.05, 0) is 43.0 Å². The molecule has 0 saturated heterocycles. The van der Waals surface area contributed by atoms with Crippen LogP contribution in [0.1, 0.15) is 29.0 Å². The predicted octanol–water partition coefficient (Wildman–Crippen LogP) is 5.25. The van der Waals surface area contributed by atoms with Crippen molar-refractivity contribution < 1.29 is 13.2 Å². The van der Waals surface area contributed by atoms with Gasteiger partial charge in [0.15, 0.2) is 0 Å². The molecule has 1 N–H and O–H groups in total. The summed E-state index contributed by atoms with van der Waals surface area (Å²) in [5.41, 5.74) is 0.136. The van der Waals surface area contributed by atoms with Gasteiger partial charge in [-0.15, -0.1) is 11.3 Å². The summed E-state index contributed by atoms with van der Waals surface area (Å²) >= 11 is 1.58. The van der Waals surface area contributed by atoms with Gasteiger partial charge >= 0.3 is 6.18 Å². The van der Waals surface area contributed by atoms with Crippen LogP contribution in [0.2, 0.25) is 0 Å². The van der Waals surface area contributed by atoms with Crippen LogP contribution in [-0.4, -0.2) is 0 Å². The van der Waals surface area contributed by atoms with Gasteiger partial charge in [0.1, 0.15) is 0 Å². The van der Waals surface area contributed by atoms with Gasteiger partial charge in [0.2, 0.25) is 0 Å². The van der Waals surface area contributed by atoms with Gasteiger partial charge < -0.3 is 5.32 Å². The van der Waals surface area contributed by atoms with Gasteiger partial charge in [-0.25, -0.2) is 0 Å². The first-order valence-corrected chi connectivity index (χ1v) is 6.73. The van der Waals surface area contributed by atoms with Crippen molar-refractivity contribution in [2.45, 2.75) is 26.1 Å². The first-order chi connectivity index (χ1) is 8.88. The lowest BCUT2D eigenvalue weighted by Crippen LogP contribution is -2.10. The molecule has 2 aromatic rings. The molecule has 2 rings (SSSR count). The Morgan fingerprint density at radius 3 is 2.53 bits per heavy atom. The Bertz CT molecular complexity index is 546. The molecule has 1 heterocycles. The summed E-state index contributed by atoms with van der Waals surface area (Å²) in [6.45, 7) is 3.40. The number of hydrogen-bond acceptors (Lipinski definition) is 2. The summed E-state index contributed by atoms with van der Waals surface area (Å²) in [4.78, 5) is 1.09. The van der Waals surface area contributed by atoms with Crippen molar-refractivity contribution in [2.24, 2.45) is 0 Å². The zero-order chi connectivity index (χ0) is 14.0. The smallest absolute Gasteiger partial charge is 0.378 e. The monoisotopic (exact) mass is 285 g/mol. The maximum absolute atomic E-state index is 12.8. The van der Waals surface area contributed by atoms with Crippen LogP contribution < -0.4 is 5.32 Å². The molecule has 0 aliphatic carbocycles. The molecular formula is C14H14F3NS. The summed E-state index contributed by atoms with van der Waals surface area (Å²) in [7, 11) is 0. The molecule has 1 aromatic heterocycles. The minimum absolute atomic E-state index is 0.0104. The molecule has 102 valence electrons. The second-order valence-corrected chi connectivity index (χ2v) is 5.39. The van der Waals surface area contributed by atoms with Crippen molar-refractivity contribution in [3.8, 4) is 0 Å². The fourth-order valence-electron chi connectivity index (χ4n) is 1.88. The molecular weight excluding hydrogens is 271 g/mol. The van der Waals surface area contributed by atoms with Crippen molar-refractivity contribution in [1.82, 2.24) is 0 Å². The van der Waals surface area contributed by atoms with Gasteiger partial charge in [0, 0.05) is 10.6 Å². The second kappa shape index (κ2) is 5.25. The van der Waals surface area contributed by atoms with Crippen LogP contribution in [0.15, 0.2) is 35.7 Å². The van der Waals surface area contributed by atoms with Crippen LogP contribution in [0.25, 0.3) is 0 Å². The van der Waals surface area contributed by atoms with E-state index in [0.29, 0.717) is 5.69 Å². The Morgan fingerprint density at radius 2 is 1.95 bits per heavy atom. The standard InChI is InChI=1S/C14H14F3NS/c1-9-5-6-11(8-12(9)14(15,16)17)18-10(2)13-4-3-7-19-13/h3-8,10,18H,1-2H3. The first kappa shape index (κ1) is 13.9. The van der Waals surface area contributed by atoms with Gasteiger partial charge in [0.05, 0.1) is 11.6 Å². The van der Waals surface area contributed by atoms with Gasteiger partial charge in [-0.1, -0.05) is 12.1 Å². The fourth-order valence-corrected chi connectivity index (χ4v) is 2.61. The molecule has 5 heteroatoms. The third-order valence-electron chi connectivity index (χ3n) is 2.90. The van der Waals surface area contributed by atoms with Crippen LogP contribution in [0.4, 0.5) is 18.9 Å². The Balaban J connectivity index is 2.22. The number of hydrogen-bond donors (Lipinski definition) is 1. The molecule has 0 aliphatic rings. The maximum atomic E-state index is 12.8. The molecule has 0 radical (unpaired) electrons. The van der Waals surface area contributed by atoms with Crippen molar-refractivity contribution >= 4 is 17.0 Å². The summed E-state index contributed by atoms with van der Waals surface area (Å²) in [5.74, 6) is 0. The fraction of sp³-hybridized carbons (Fsp3) is 0.286. The Morgan fingerprint density at radius 1 is 1.21 bits per heavy atom. The summed E-state index contributed by atoms with van der Waals surface area (Å²) < 4.78 is 38.4. The van der Waals surface area contributed by atoms with Crippen LogP contribution in [-0.2, 0) is 6.18 Å². The second-order valence-electron chi connectivity index (χ2n) is 4.41. The Hall–Kier alpha value is -1.49. The van der Waals surface area contributed by atoms with Crippen molar-refractivity contribution in [3.05, 3.63) is 51.7 Å². The number of anilines is 1. The zero-order valence-corrected chi connectivity index (χ0v) is 11.4. The van der Waals surface area contributed by atoms with E-state index in [4.69, 9.17) is 0 Å². The van der Waals surface area contributed by atoms with Crippen molar-refractivity contribution in [3.63, 3.8) is 0 Å². The minimum Gasteiger partial charge on any atom is -0.378 e. The topological polar surface area (TPSA) is 12.0 Å². The van der Waals surface area contributed by atoms with Crippen LogP contribution >= 0.6 is 11.3 Å². The van der Waals surface area contributed by atoms with E-state index in [0.717, 1.165) is 4.88 Å². The molecule has 1 nitrogen and oxygen atoms in total. The molecule has 1 atom stereocenters. The minimum atomic E-state index is -4.31. The Labute approximate surface area is 114 Å². The van der Waals surface area contributed by atoms with E-state index < -0.39 is 11.7 Å². The van der Waals surface area contributed by atoms with E-state index in [-0.39, 0.29) is 11.6 Å². The molecule has 0 fully saturated rings. The quantitative estimate of drug-likeness (QED) is 0.812. The summed E-state index contributed by atoms with van der Waals surface area (Å²) in [6.07, 6.45) is -4.31. The van der Waals surface area contributed by atoms with E-state index in [2.05, 4.69) is 5.32 Å². The molecule has 0 bridgehead atoms. The normalized spacial score (nSPS) is 13.3. The number of nitrogens with one attached hydrogen (secondary N) is 1. The molecule has 19 heavy (non-hydrogen) atoms. The maximum Gasteiger partial charge on any atom is 0.416 e. The highest BCUT2D eigenvalue weighted by Crippen LogP contribution is 2.34. The van der Waals surface area contributed by atoms with Gasteiger partial charge in [-0.2, -0.15) is 13.2 Å². The molecule has 0 aliphatic heterocycles. The third kappa shape index (κ3) is 3.29. The first-order valence-electron chi connectivity index (χ1n) is 5.85. The molecule has 1 unspecified atom stereocenters. The number of aryl methyl sites for hydroxylation is 1. The average Bonchev–Trinajstić information content (AvgIpc) is 2.83. The van der Waals surface area contributed by atoms with E-state index in [1.165, 1.54) is 19.1 Å². The van der Waals surface area contributed by atoms with Crippen molar-refractivity contribution in [2.75, 3.05) is 5.32 Å². The number of rotatable bonds is 3. The molecule has 0 amide bonds. The lowest BCUT2D eigenvalue weighted by molar-refractivity contribution is -0.138. The highest BCUT2D eigenvalue weighted by Gasteiger charge is 2.32. The van der Waals surface area contributed by atoms with Gasteiger partial charge in [0.25, 0.3) is 0 Å². The highest BCUT2D eigenvalue weighted by atomic mass is 32.1. The van der Waals surface area contributed by atoms with Gasteiger partial charge in [-0.3, -0.25) is 0 Å². The van der Waals surface area contributed by atoms with E-state index in [1.807, 2.05) is 24.4 Å². The van der Waals surface area contributed by atoms with E-state index >= 15 is 0 Å². The van der Waals surface area contributed by atoms with E-state index in [1.54, 1.807) is 17.4 Å². The largest absolute Gasteiger partial charge is 0.416 e. The van der Waals surface area contributed by atoms with Crippen LogP contribution in [0.3, 0.4) is 0 Å². The van der Waals surface area contributed by atoms with Crippen LogP contribution in [0, 0.1) is 6.92 Å². The summed E-state index contributed by atoms with van der Waals surface area (Å²) in [5, 5.41) is 5.04. The third-order valence-corrected chi connectivity index (χ3v) is 3.95. The average molecular weight is 285 g/mol. The molecule has 0 spiro atoms. The molecule has 0 saturated carbocycles. The number of thiophene rings is 1. The lowest BCUT2D eigenvalue weighted by Gasteiger charge is -2.17. The SMILES string of the molecule is Cc1ccc(NC(C)c2cccs2)cc1C(F)(F)F. The molecule has 1 aromatic carbocycles. The Kier molecular flexibility index (Phi) is 3.85.